The molecule has 0 saturated carbocycles. The van der Waals surface area contributed by atoms with Crippen LogP contribution >= 0.6 is 22.7 Å². The average molecular weight is 297 g/mol. The Morgan fingerprint density at radius 1 is 1.37 bits per heavy atom. The number of hydrogen-bond acceptors (Lipinski definition) is 7. The van der Waals surface area contributed by atoms with Crippen LogP contribution in [0, 0.1) is 0 Å². The van der Waals surface area contributed by atoms with Crippen molar-refractivity contribution in [1.82, 2.24) is 9.97 Å². The van der Waals surface area contributed by atoms with Gasteiger partial charge >= 0.3 is 0 Å². The summed E-state index contributed by atoms with van der Waals surface area (Å²) < 4.78 is 0. The molecule has 0 radical (unpaired) electrons. The van der Waals surface area contributed by atoms with Crippen molar-refractivity contribution in [2.45, 2.75) is 19.8 Å². The zero-order valence-corrected chi connectivity index (χ0v) is 12.5. The second-order valence-electron chi connectivity index (χ2n) is 4.17. The van der Waals surface area contributed by atoms with Crippen molar-refractivity contribution >= 4 is 44.7 Å². The molecule has 2 heterocycles. The van der Waals surface area contributed by atoms with E-state index in [4.69, 9.17) is 5.73 Å². The maximum absolute atomic E-state index is 12.1. The zero-order valence-electron chi connectivity index (χ0n) is 10.9. The van der Waals surface area contributed by atoms with E-state index in [1.54, 1.807) is 7.05 Å². The van der Waals surface area contributed by atoms with Crippen LogP contribution in [0.15, 0.2) is 5.38 Å². The van der Waals surface area contributed by atoms with Crippen molar-refractivity contribution in [3.05, 3.63) is 16.0 Å². The van der Waals surface area contributed by atoms with E-state index in [2.05, 4.69) is 34.4 Å². The van der Waals surface area contributed by atoms with Gasteiger partial charge in [-0.1, -0.05) is 25.2 Å². The molecule has 0 spiro atoms. The molecule has 8 heteroatoms. The van der Waals surface area contributed by atoms with Crippen LogP contribution in [-0.4, -0.2) is 22.9 Å². The molecule has 2 aromatic heterocycles. The van der Waals surface area contributed by atoms with Crippen LogP contribution in [-0.2, 0) is 0 Å². The van der Waals surface area contributed by atoms with E-state index < -0.39 is 0 Å². The first-order chi connectivity index (χ1) is 9.01. The lowest BCUT2D eigenvalue weighted by Gasteiger charge is -2.00. The molecule has 19 heavy (non-hydrogen) atoms. The molecule has 0 aliphatic carbocycles. The van der Waals surface area contributed by atoms with Crippen LogP contribution < -0.4 is 16.4 Å². The van der Waals surface area contributed by atoms with E-state index in [9.17, 15) is 4.79 Å². The molecule has 0 atom stereocenters. The Morgan fingerprint density at radius 2 is 2.11 bits per heavy atom. The van der Waals surface area contributed by atoms with Crippen molar-refractivity contribution in [3.63, 3.8) is 0 Å². The van der Waals surface area contributed by atoms with Gasteiger partial charge in [0.15, 0.2) is 10.3 Å². The van der Waals surface area contributed by atoms with Gasteiger partial charge in [0.1, 0.15) is 10.7 Å². The number of aromatic nitrogens is 2. The van der Waals surface area contributed by atoms with Crippen molar-refractivity contribution in [1.29, 1.82) is 0 Å². The number of amides is 1. The third-order valence-corrected chi connectivity index (χ3v) is 4.27. The number of rotatable bonds is 4. The van der Waals surface area contributed by atoms with Crippen LogP contribution in [0.25, 0.3) is 0 Å². The van der Waals surface area contributed by atoms with Crippen LogP contribution in [0.1, 0.15) is 35.1 Å². The smallest absolute Gasteiger partial charge is 0.271 e. The van der Waals surface area contributed by atoms with Crippen LogP contribution in [0.2, 0.25) is 0 Å². The number of anilines is 3. The molecule has 0 saturated heterocycles. The van der Waals surface area contributed by atoms with Gasteiger partial charge in [-0.15, -0.1) is 11.3 Å². The molecule has 1 amide bonds. The molecule has 4 N–H and O–H groups in total. The quantitative estimate of drug-likeness (QED) is 0.806. The van der Waals surface area contributed by atoms with Crippen molar-refractivity contribution < 1.29 is 4.79 Å². The lowest BCUT2D eigenvalue weighted by molar-refractivity contribution is 0.103. The van der Waals surface area contributed by atoms with E-state index in [1.165, 1.54) is 22.7 Å². The molecular formula is C11H15N5OS2. The molecular weight excluding hydrogens is 282 g/mol. The van der Waals surface area contributed by atoms with Gasteiger partial charge in [-0.3, -0.25) is 10.1 Å². The molecule has 6 nitrogen and oxygen atoms in total. The van der Waals surface area contributed by atoms with Crippen molar-refractivity contribution in [3.8, 4) is 0 Å². The number of nitrogens with two attached hydrogens (primary N) is 1. The van der Waals surface area contributed by atoms with Gasteiger partial charge < -0.3 is 11.1 Å². The van der Waals surface area contributed by atoms with Crippen LogP contribution in [0.4, 0.5) is 16.1 Å². The maximum atomic E-state index is 12.1. The molecule has 0 aromatic carbocycles. The highest BCUT2D eigenvalue weighted by Crippen LogP contribution is 2.27. The molecule has 2 rings (SSSR count). The lowest BCUT2D eigenvalue weighted by atomic mass is 10.2. The number of nitrogens with one attached hydrogen (secondary N) is 2. The molecule has 2 aromatic rings. The maximum Gasteiger partial charge on any atom is 0.271 e. The van der Waals surface area contributed by atoms with Crippen molar-refractivity contribution in [2.24, 2.45) is 0 Å². The normalized spacial score (nSPS) is 10.7. The number of nitrogens with zero attached hydrogens (tertiary/aromatic N) is 2. The molecule has 0 aliphatic heterocycles. The number of nitrogen functional groups attached to an aromatic ring is 1. The topological polar surface area (TPSA) is 92.9 Å². The summed E-state index contributed by atoms with van der Waals surface area (Å²) >= 11 is 2.62. The van der Waals surface area contributed by atoms with Crippen molar-refractivity contribution in [2.75, 3.05) is 23.4 Å². The fraction of sp³-hybridized carbons (Fsp3) is 0.364. The summed E-state index contributed by atoms with van der Waals surface area (Å²) in [6.45, 7) is 4.11. The first kappa shape index (κ1) is 13.8. The van der Waals surface area contributed by atoms with Gasteiger partial charge in [0, 0.05) is 12.4 Å². The largest absolute Gasteiger partial charge is 0.382 e. The van der Waals surface area contributed by atoms with Gasteiger partial charge in [0.25, 0.3) is 5.91 Å². The number of hydrogen-bond donors (Lipinski definition) is 3. The zero-order chi connectivity index (χ0) is 14.0. The Kier molecular flexibility index (Phi) is 4.01. The standard InChI is InChI=1S/C11H15N5OS2/c1-5(2)6-4-18-11(14-6)16-9(17)7-8(12)15-10(13-3)19-7/h4-5H,12H2,1-3H3,(H,13,15)(H,14,16,17). The highest BCUT2D eigenvalue weighted by Gasteiger charge is 2.17. The predicted molar refractivity (Wildman–Crippen MR) is 80.2 cm³/mol. The molecule has 0 bridgehead atoms. The van der Waals surface area contributed by atoms with E-state index in [0.717, 1.165) is 5.69 Å². The summed E-state index contributed by atoms with van der Waals surface area (Å²) in [5.41, 5.74) is 6.67. The number of thiazole rings is 2. The third kappa shape index (κ3) is 3.02. The second kappa shape index (κ2) is 5.54. The summed E-state index contributed by atoms with van der Waals surface area (Å²) in [4.78, 5) is 20.8. The van der Waals surface area contributed by atoms with Crippen LogP contribution in [0.3, 0.4) is 0 Å². The monoisotopic (exact) mass is 297 g/mol. The molecule has 0 unspecified atom stereocenters. The van der Waals surface area contributed by atoms with Gasteiger partial charge in [0.05, 0.1) is 5.69 Å². The van der Waals surface area contributed by atoms with Gasteiger partial charge in [-0.2, -0.15) is 0 Å². The average Bonchev–Trinajstić information content (AvgIpc) is 2.95. The summed E-state index contributed by atoms with van der Waals surface area (Å²) in [6.07, 6.45) is 0. The minimum absolute atomic E-state index is 0.229. The first-order valence-electron chi connectivity index (χ1n) is 5.72. The van der Waals surface area contributed by atoms with Gasteiger partial charge in [-0.05, 0) is 5.92 Å². The van der Waals surface area contributed by atoms with E-state index in [-0.39, 0.29) is 11.7 Å². The van der Waals surface area contributed by atoms with E-state index in [0.29, 0.717) is 21.1 Å². The third-order valence-electron chi connectivity index (χ3n) is 2.41. The fourth-order valence-corrected chi connectivity index (χ4v) is 2.96. The summed E-state index contributed by atoms with van der Waals surface area (Å²) in [6, 6.07) is 0. The number of carbonyl (C=O) groups excluding carboxylic acids is 1. The van der Waals surface area contributed by atoms with Gasteiger partial charge in [-0.25, -0.2) is 9.97 Å². The Bertz CT molecular complexity index is 590. The molecule has 0 fully saturated rings. The Labute approximate surface area is 119 Å². The second-order valence-corrected chi connectivity index (χ2v) is 6.03. The molecule has 102 valence electrons. The lowest BCUT2D eigenvalue weighted by Crippen LogP contribution is -2.12. The first-order valence-corrected chi connectivity index (χ1v) is 7.41. The highest BCUT2D eigenvalue weighted by molar-refractivity contribution is 7.18. The SMILES string of the molecule is CNc1nc(N)c(C(=O)Nc2nc(C(C)C)cs2)s1. The predicted octanol–water partition coefficient (Wildman–Crippen LogP) is 2.60. The van der Waals surface area contributed by atoms with E-state index >= 15 is 0 Å². The fourth-order valence-electron chi connectivity index (χ4n) is 1.36. The van der Waals surface area contributed by atoms with E-state index in [1.807, 2.05) is 5.38 Å². The number of carbonyl (C=O) groups is 1. The summed E-state index contributed by atoms with van der Waals surface area (Å²) in [7, 11) is 1.73. The van der Waals surface area contributed by atoms with Crippen LogP contribution in [0.5, 0.6) is 0 Å². The summed E-state index contributed by atoms with van der Waals surface area (Å²) in [5.74, 6) is 0.292. The highest BCUT2D eigenvalue weighted by atomic mass is 32.1. The Hall–Kier alpha value is -1.67. The Morgan fingerprint density at radius 3 is 2.63 bits per heavy atom. The Balaban J connectivity index is 2.13. The minimum Gasteiger partial charge on any atom is -0.382 e. The molecule has 0 aliphatic rings. The minimum atomic E-state index is -0.277. The van der Waals surface area contributed by atoms with Gasteiger partial charge in [0.2, 0.25) is 0 Å². The summed E-state index contributed by atoms with van der Waals surface area (Å²) in [5, 5.41) is 8.73.